The third-order valence-corrected chi connectivity index (χ3v) is 4.52. The van der Waals surface area contributed by atoms with E-state index in [1.165, 1.54) is 0 Å². The fourth-order valence-corrected chi connectivity index (χ4v) is 3.23. The summed E-state index contributed by atoms with van der Waals surface area (Å²) < 4.78 is 12.1. The van der Waals surface area contributed by atoms with E-state index in [4.69, 9.17) is 5.26 Å². The quantitative estimate of drug-likeness (QED) is 0.823. The zero-order valence-corrected chi connectivity index (χ0v) is 12.8. The molecule has 21 heavy (non-hydrogen) atoms. The Hall–Kier alpha value is -1.96. The van der Waals surface area contributed by atoms with Crippen LogP contribution in [0.1, 0.15) is 11.1 Å². The number of nitrogens with zero attached hydrogens (tertiary/aromatic N) is 2. The van der Waals surface area contributed by atoms with Gasteiger partial charge in [-0.15, -0.1) is 0 Å². The molecule has 0 amide bonds. The van der Waals surface area contributed by atoms with E-state index in [1.54, 1.807) is 6.07 Å². The van der Waals surface area contributed by atoms with Crippen molar-refractivity contribution in [3.05, 3.63) is 65.7 Å². The van der Waals surface area contributed by atoms with Crippen LogP contribution in [0.5, 0.6) is 0 Å². The Morgan fingerprint density at radius 2 is 1.90 bits per heavy atom. The van der Waals surface area contributed by atoms with Gasteiger partial charge >= 0.3 is 0 Å². The van der Waals surface area contributed by atoms with Gasteiger partial charge in [-0.1, -0.05) is 30.3 Å². The van der Waals surface area contributed by atoms with E-state index in [9.17, 15) is 4.21 Å². The molecule has 108 valence electrons. The number of rotatable bonds is 6. The molecule has 3 nitrogen and oxygen atoms in total. The van der Waals surface area contributed by atoms with Crippen molar-refractivity contribution in [1.29, 1.82) is 5.26 Å². The van der Waals surface area contributed by atoms with Gasteiger partial charge in [0.15, 0.2) is 0 Å². The van der Waals surface area contributed by atoms with E-state index < -0.39 is 10.8 Å². The molecule has 0 aliphatic carbocycles. The van der Waals surface area contributed by atoms with Crippen LogP contribution in [0.2, 0.25) is 0 Å². The van der Waals surface area contributed by atoms with Crippen LogP contribution >= 0.6 is 0 Å². The maximum absolute atomic E-state index is 12.1. The van der Waals surface area contributed by atoms with Crippen molar-refractivity contribution < 1.29 is 4.21 Å². The number of hydrogen-bond acceptors (Lipinski definition) is 3. The summed E-state index contributed by atoms with van der Waals surface area (Å²) in [6, 6.07) is 19.3. The highest BCUT2D eigenvalue weighted by atomic mass is 32.2. The van der Waals surface area contributed by atoms with E-state index in [0.717, 1.165) is 23.5 Å². The lowest BCUT2D eigenvalue weighted by Gasteiger charge is -2.16. The van der Waals surface area contributed by atoms with Crippen molar-refractivity contribution in [3.8, 4) is 6.07 Å². The van der Waals surface area contributed by atoms with E-state index in [-0.39, 0.29) is 0 Å². The van der Waals surface area contributed by atoms with E-state index in [0.29, 0.717) is 11.3 Å². The van der Waals surface area contributed by atoms with Gasteiger partial charge in [-0.25, -0.2) is 0 Å². The second-order valence-electron chi connectivity index (χ2n) is 4.91. The first-order valence-corrected chi connectivity index (χ1v) is 8.12. The molecule has 0 aliphatic heterocycles. The molecular weight excluding hydrogens is 280 g/mol. The zero-order chi connectivity index (χ0) is 15.1. The molecule has 1 atom stereocenters. The van der Waals surface area contributed by atoms with Crippen LogP contribution in [-0.4, -0.2) is 28.5 Å². The summed E-state index contributed by atoms with van der Waals surface area (Å²) in [5.74, 6) is 0.610. The van der Waals surface area contributed by atoms with Crippen molar-refractivity contribution >= 4 is 10.8 Å². The van der Waals surface area contributed by atoms with Crippen molar-refractivity contribution in [2.75, 3.05) is 19.3 Å². The van der Waals surface area contributed by atoms with Crippen LogP contribution in [0.4, 0.5) is 0 Å². The van der Waals surface area contributed by atoms with Crippen LogP contribution in [0.15, 0.2) is 59.5 Å². The number of nitriles is 1. The van der Waals surface area contributed by atoms with Crippen LogP contribution < -0.4 is 0 Å². The van der Waals surface area contributed by atoms with Gasteiger partial charge in [0.05, 0.1) is 22.4 Å². The molecule has 2 aromatic carbocycles. The smallest absolute Gasteiger partial charge is 0.0991 e. The van der Waals surface area contributed by atoms with Gasteiger partial charge in [-0.2, -0.15) is 5.26 Å². The topological polar surface area (TPSA) is 44.1 Å². The third-order valence-electron chi connectivity index (χ3n) is 3.17. The van der Waals surface area contributed by atoms with E-state index in [1.807, 2.05) is 55.6 Å². The van der Waals surface area contributed by atoms with Crippen LogP contribution in [0.3, 0.4) is 0 Å². The van der Waals surface area contributed by atoms with Crippen molar-refractivity contribution in [2.45, 2.75) is 11.4 Å². The summed E-state index contributed by atoms with van der Waals surface area (Å²) in [5, 5.41) is 8.89. The van der Waals surface area contributed by atoms with Crippen molar-refractivity contribution in [2.24, 2.45) is 0 Å². The van der Waals surface area contributed by atoms with Gasteiger partial charge in [0.2, 0.25) is 0 Å². The molecule has 0 unspecified atom stereocenters. The first kappa shape index (κ1) is 15.4. The standard InChI is InChI=1S/C17H18N2OS/c1-19(14-16-7-5-6-15(12-16)13-18)10-11-21(20)17-8-3-2-4-9-17/h2-9,12H,10-11,14H2,1H3/t21-/m1/s1. The summed E-state index contributed by atoms with van der Waals surface area (Å²) in [7, 11) is 1.04. The molecule has 0 aromatic heterocycles. The number of benzene rings is 2. The third kappa shape index (κ3) is 4.82. The lowest BCUT2D eigenvalue weighted by atomic mass is 10.1. The fraction of sp³-hybridized carbons (Fsp3) is 0.235. The molecule has 0 spiro atoms. The Kier molecular flexibility index (Phi) is 5.68. The van der Waals surface area contributed by atoms with Gasteiger partial charge < -0.3 is 4.90 Å². The average Bonchev–Trinajstić information content (AvgIpc) is 2.53. The molecule has 0 fully saturated rings. The number of hydrogen-bond donors (Lipinski definition) is 0. The molecule has 0 radical (unpaired) electrons. The molecular formula is C17H18N2OS. The lowest BCUT2D eigenvalue weighted by molar-refractivity contribution is 0.347. The maximum atomic E-state index is 12.1. The van der Waals surface area contributed by atoms with E-state index >= 15 is 0 Å². The Bertz CT molecular complexity index is 649. The first-order valence-electron chi connectivity index (χ1n) is 6.80. The highest BCUT2D eigenvalue weighted by molar-refractivity contribution is 7.85. The molecule has 0 aliphatic rings. The molecule has 4 heteroatoms. The van der Waals surface area contributed by atoms with Crippen LogP contribution in [-0.2, 0) is 17.3 Å². The molecule has 0 heterocycles. The fourth-order valence-electron chi connectivity index (χ4n) is 2.06. The second-order valence-corrected chi connectivity index (χ2v) is 6.48. The summed E-state index contributed by atoms with van der Waals surface area (Å²) in [6.07, 6.45) is 0. The molecule has 0 saturated heterocycles. The predicted octanol–water partition coefficient (Wildman–Crippen LogP) is 2.80. The summed E-state index contributed by atoms with van der Waals surface area (Å²) in [5.41, 5.74) is 1.77. The largest absolute Gasteiger partial charge is 0.301 e. The minimum absolute atomic E-state index is 0.610. The summed E-state index contributed by atoms with van der Waals surface area (Å²) in [4.78, 5) is 2.99. The Morgan fingerprint density at radius 1 is 1.14 bits per heavy atom. The van der Waals surface area contributed by atoms with Gasteiger partial charge in [-0.05, 0) is 36.9 Å². The Morgan fingerprint density at radius 3 is 2.62 bits per heavy atom. The molecule has 0 saturated carbocycles. The average molecular weight is 298 g/mol. The Balaban J connectivity index is 1.86. The molecule has 0 N–H and O–H groups in total. The SMILES string of the molecule is CN(CC[S@@](=O)c1ccccc1)Cc1cccc(C#N)c1. The van der Waals surface area contributed by atoms with Gasteiger partial charge in [0.25, 0.3) is 0 Å². The van der Waals surface area contributed by atoms with Crippen molar-refractivity contribution in [3.63, 3.8) is 0 Å². The maximum Gasteiger partial charge on any atom is 0.0991 e. The van der Waals surface area contributed by atoms with Crippen molar-refractivity contribution in [1.82, 2.24) is 4.90 Å². The monoisotopic (exact) mass is 298 g/mol. The lowest BCUT2D eigenvalue weighted by Crippen LogP contribution is -2.23. The second kappa shape index (κ2) is 7.72. The minimum atomic E-state index is -0.962. The highest BCUT2D eigenvalue weighted by Crippen LogP contribution is 2.08. The van der Waals surface area contributed by atoms with Gasteiger partial charge in [-0.3, -0.25) is 4.21 Å². The summed E-state index contributed by atoms with van der Waals surface area (Å²) >= 11 is 0. The Labute approximate surface area is 128 Å². The van der Waals surface area contributed by atoms with Crippen LogP contribution in [0, 0.1) is 11.3 Å². The molecule has 2 rings (SSSR count). The van der Waals surface area contributed by atoms with Crippen LogP contribution in [0.25, 0.3) is 0 Å². The van der Waals surface area contributed by atoms with E-state index in [2.05, 4.69) is 11.0 Å². The molecule has 0 bridgehead atoms. The molecule has 2 aromatic rings. The summed E-state index contributed by atoms with van der Waals surface area (Å²) in [6.45, 7) is 1.50. The normalized spacial score (nSPS) is 12.0. The predicted molar refractivity (Wildman–Crippen MR) is 85.2 cm³/mol. The first-order chi connectivity index (χ1) is 10.2. The highest BCUT2D eigenvalue weighted by Gasteiger charge is 2.06. The van der Waals surface area contributed by atoms with Gasteiger partial charge in [0, 0.05) is 23.7 Å². The zero-order valence-electron chi connectivity index (χ0n) is 12.0. The minimum Gasteiger partial charge on any atom is -0.301 e. The van der Waals surface area contributed by atoms with Gasteiger partial charge in [0.1, 0.15) is 0 Å².